The Kier molecular flexibility index (Phi) is 2.89. The van der Waals surface area contributed by atoms with Crippen LogP contribution in [0.4, 0.5) is 5.69 Å². The molecule has 2 rings (SSSR count). The van der Waals surface area contributed by atoms with Crippen LogP contribution in [0.3, 0.4) is 0 Å². The van der Waals surface area contributed by atoms with Crippen LogP contribution in [0.1, 0.15) is 17.4 Å². The molecule has 2 N–H and O–H groups in total. The average Bonchev–Trinajstić information content (AvgIpc) is 2.59. The van der Waals surface area contributed by atoms with E-state index < -0.39 is 12.2 Å². The summed E-state index contributed by atoms with van der Waals surface area (Å²) in [5, 5.41) is 18.8. The molecule has 0 amide bonds. The number of carbonyl (C=O) groups is 1. The van der Waals surface area contributed by atoms with Crippen molar-refractivity contribution in [2.45, 2.75) is 19.1 Å². The first kappa shape index (κ1) is 11.0. The van der Waals surface area contributed by atoms with Crippen LogP contribution in [0.5, 0.6) is 0 Å². The lowest BCUT2D eigenvalue weighted by atomic mass is 10.2. The van der Waals surface area contributed by atoms with E-state index in [1.807, 2.05) is 4.90 Å². The van der Waals surface area contributed by atoms with Crippen LogP contribution in [0.25, 0.3) is 0 Å². The Morgan fingerprint density at radius 1 is 1.38 bits per heavy atom. The zero-order chi connectivity index (χ0) is 11.7. The Labute approximate surface area is 93.3 Å². The number of Topliss-reactive ketones (excluding diaryl/α,β-unsaturated/α-hetero) is 1. The molecule has 86 valence electrons. The van der Waals surface area contributed by atoms with Gasteiger partial charge in [-0.15, -0.1) is 0 Å². The van der Waals surface area contributed by atoms with Crippen molar-refractivity contribution in [3.05, 3.63) is 24.0 Å². The third kappa shape index (κ3) is 2.05. The highest BCUT2D eigenvalue weighted by molar-refractivity contribution is 5.92. The number of hydrogen-bond acceptors (Lipinski definition) is 5. The summed E-state index contributed by atoms with van der Waals surface area (Å²) in [5.41, 5.74) is 1.23. The van der Waals surface area contributed by atoms with E-state index in [1.165, 1.54) is 6.92 Å². The van der Waals surface area contributed by atoms with E-state index in [-0.39, 0.29) is 5.78 Å². The monoisotopic (exact) mass is 222 g/mol. The predicted molar refractivity (Wildman–Crippen MR) is 58.5 cm³/mol. The Morgan fingerprint density at radius 3 is 2.44 bits per heavy atom. The molecule has 2 unspecified atom stereocenters. The zero-order valence-electron chi connectivity index (χ0n) is 9.00. The van der Waals surface area contributed by atoms with Gasteiger partial charge in [-0.2, -0.15) is 0 Å². The van der Waals surface area contributed by atoms with Gasteiger partial charge >= 0.3 is 0 Å². The van der Waals surface area contributed by atoms with Crippen LogP contribution in [-0.2, 0) is 0 Å². The summed E-state index contributed by atoms with van der Waals surface area (Å²) >= 11 is 0. The van der Waals surface area contributed by atoms with Crippen molar-refractivity contribution in [2.75, 3.05) is 18.0 Å². The quantitative estimate of drug-likeness (QED) is 0.679. The first-order valence-electron chi connectivity index (χ1n) is 5.16. The third-order valence-electron chi connectivity index (χ3n) is 2.73. The van der Waals surface area contributed by atoms with E-state index in [1.54, 1.807) is 18.3 Å². The molecule has 5 heteroatoms. The molecule has 5 nitrogen and oxygen atoms in total. The molecule has 1 fully saturated rings. The highest BCUT2D eigenvalue weighted by atomic mass is 16.3. The SMILES string of the molecule is CC(=O)c1ccc(N2CC(O)C(O)C2)cn1. The van der Waals surface area contributed by atoms with E-state index in [9.17, 15) is 15.0 Å². The van der Waals surface area contributed by atoms with Crippen LogP contribution in [0, 0.1) is 0 Å². The van der Waals surface area contributed by atoms with Crippen molar-refractivity contribution in [1.29, 1.82) is 0 Å². The van der Waals surface area contributed by atoms with Crippen LogP contribution >= 0.6 is 0 Å². The van der Waals surface area contributed by atoms with Crippen LogP contribution in [0.2, 0.25) is 0 Å². The van der Waals surface area contributed by atoms with Gasteiger partial charge in [0.25, 0.3) is 0 Å². The van der Waals surface area contributed by atoms with Crippen molar-refractivity contribution in [1.82, 2.24) is 4.98 Å². The molecule has 1 aliphatic heterocycles. The number of ketones is 1. The predicted octanol–water partition coefficient (Wildman–Crippen LogP) is -0.174. The maximum absolute atomic E-state index is 11.0. The lowest BCUT2D eigenvalue weighted by Gasteiger charge is -2.16. The Balaban J connectivity index is 2.14. The van der Waals surface area contributed by atoms with Crippen molar-refractivity contribution < 1.29 is 15.0 Å². The van der Waals surface area contributed by atoms with Gasteiger partial charge in [0, 0.05) is 20.0 Å². The summed E-state index contributed by atoms with van der Waals surface area (Å²) < 4.78 is 0. The standard InChI is InChI=1S/C11H14N2O3/c1-7(14)9-3-2-8(4-12-9)13-5-10(15)11(16)6-13/h2-4,10-11,15-16H,5-6H2,1H3. The number of β-amino-alcohol motifs (C(OH)–C–C–N with tert-alkyl or cyclic N) is 2. The maximum atomic E-state index is 11.0. The van der Waals surface area contributed by atoms with Gasteiger partial charge < -0.3 is 15.1 Å². The highest BCUT2D eigenvalue weighted by Gasteiger charge is 2.29. The van der Waals surface area contributed by atoms with Gasteiger partial charge in [0.1, 0.15) is 5.69 Å². The molecular weight excluding hydrogens is 208 g/mol. The summed E-state index contributed by atoms with van der Waals surface area (Å²) in [6.45, 7) is 2.25. The molecule has 0 bridgehead atoms. The van der Waals surface area contributed by atoms with E-state index in [4.69, 9.17) is 0 Å². The fourth-order valence-electron chi connectivity index (χ4n) is 1.76. The molecule has 0 saturated carbocycles. The summed E-state index contributed by atoms with van der Waals surface area (Å²) in [7, 11) is 0. The maximum Gasteiger partial charge on any atom is 0.178 e. The summed E-state index contributed by atoms with van der Waals surface area (Å²) in [6, 6.07) is 3.42. The topological polar surface area (TPSA) is 73.7 Å². The highest BCUT2D eigenvalue weighted by Crippen LogP contribution is 2.19. The van der Waals surface area contributed by atoms with Gasteiger partial charge in [0.05, 0.1) is 24.1 Å². The second kappa shape index (κ2) is 4.19. The number of aromatic nitrogens is 1. The Bertz CT molecular complexity index is 381. The summed E-state index contributed by atoms with van der Waals surface area (Å²) in [4.78, 5) is 16.9. The first-order chi connectivity index (χ1) is 7.58. The molecule has 0 spiro atoms. The van der Waals surface area contributed by atoms with Gasteiger partial charge in [-0.1, -0.05) is 0 Å². The summed E-state index contributed by atoms with van der Waals surface area (Å²) in [6.07, 6.45) is 0.154. The van der Waals surface area contributed by atoms with Crippen LogP contribution < -0.4 is 4.90 Å². The first-order valence-corrected chi connectivity index (χ1v) is 5.16. The van der Waals surface area contributed by atoms with Gasteiger partial charge in [0.15, 0.2) is 5.78 Å². The number of aliphatic hydroxyl groups is 2. The Morgan fingerprint density at radius 2 is 2.00 bits per heavy atom. The molecule has 0 radical (unpaired) electrons. The molecule has 2 atom stereocenters. The van der Waals surface area contributed by atoms with E-state index >= 15 is 0 Å². The second-order valence-electron chi connectivity index (χ2n) is 4.00. The number of hydrogen-bond donors (Lipinski definition) is 2. The molecular formula is C11H14N2O3. The number of pyridine rings is 1. The van der Waals surface area contributed by atoms with Crippen LogP contribution in [-0.4, -0.2) is 46.3 Å². The molecule has 1 saturated heterocycles. The van der Waals surface area contributed by atoms with E-state index in [2.05, 4.69) is 4.98 Å². The largest absolute Gasteiger partial charge is 0.389 e. The van der Waals surface area contributed by atoms with Crippen molar-refractivity contribution in [2.24, 2.45) is 0 Å². The minimum atomic E-state index is -0.715. The number of carbonyl (C=O) groups excluding carboxylic acids is 1. The molecule has 2 heterocycles. The normalized spacial score (nSPS) is 24.8. The molecule has 0 aromatic carbocycles. The fraction of sp³-hybridized carbons (Fsp3) is 0.455. The molecule has 1 aliphatic rings. The fourth-order valence-corrected chi connectivity index (χ4v) is 1.76. The Hall–Kier alpha value is -1.46. The lowest BCUT2D eigenvalue weighted by molar-refractivity contribution is 0.0572. The van der Waals surface area contributed by atoms with E-state index in [0.29, 0.717) is 18.8 Å². The minimum absolute atomic E-state index is 0.0759. The summed E-state index contributed by atoms with van der Waals surface area (Å²) in [5.74, 6) is -0.0759. The lowest BCUT2D eigenvalue weighted by Crippen LogP contribution is -2.22. The number of nitrogens with zero attached hydrogens (tertiary/aromatic N) is 2. The number of anilines is 1. The van der Waals surface area contributed by atoms with Crippen molar-refractivity contribution in [3.63, 3.8) is 0 Å². The number of rotatable bonds is 2. The van der Waals surface area contributed by atoms with E-state index in [0.717, 1.165) is 5.69 Å². The smallest absolute Gasteiger partial charge is 0.178 e. The zero-order valence-corrected chi connectivity index (χ0v) is 9.00. The van der Waals surface area contributed by atoms with Gasteiger partial charge in [0.2, 0.25) is 0 Å². The average molecular weight is 222 g/mol. The number of aliphatic hydroxyl groups excluding tert-OH is 2. The molecule has 1 aromatic heterocycles. The van der Waals surface area contributed by atoms with Crippen molar-refractivity contribution in [3.8, 4) is 0 Å². The minimum Gasteiger partial charge on any atom is -0.389 e. The van der Waals surface area contributed by atoms with Gasteiger partial charge in [-0.3, -0.25) is 9.78 Å². The molecule has 0 aliphatic carbocycles. The van der Waals surface area contributed by atoms with Gasteiger partial charge in [-0.25, -0.2) is 0 Å². The molecule has 1 aromatic rings. The van der Waals surface area contributed by atoms with Gasteiger partial charge in [-0.05, 0) is 12.1 Å². The second-order valence-corrected chi connectivity index (χ2v) is 4.00. The van der Waals surface area contributed by atoms with Crippen molar-refractivity contribution >= 4 is 11.5 Å². The molecule has 16 heavy (non-hydrogen) atoms. The third-order valence-corrected chi connectivity index (χ3v) is 2.73. The van der Waals surface area contributed by atoms with Crippen LogP contribution in [0.15, 0.2) is 18.3 Å².